The summed E-state index contributed by atoms with van der Waals surface area (Å²) in [6.07, 6.45) is 13.4. The van der Waals surface area contributed by atoms with Crippen LogP contribution in [0.25, 0.3) is 0 Å². The van der Waals surface area contributed by atoms with Crippen molar-refractivity contribution in [3.8, 4) is 0 Å². The number of ether oxygens (including phenoxy) is 1. The van der Waals surface area contributed by atoms with E-state index in [0.717, 1.165) is 12.8 Å². The number of allylic oxidation sites excluding steroid dienone is 6. The third-order valence-electron chi connectivity index (χ3n) is 4.49. The van der Waals surface area contributed by atoms with Gasteiger partial charge in [0.15, 0.2) is 0 Å². The second kappa shape index (κ2) is 7.62. The molecular weight excluding hydrogens is 343 g/mol. The molecule has 2 aliphatic carbocycles. The fraction of sp³-hybridized carbons (Fsp3) is 0.467. The van der Waals surface area contributed by atoms with Crippen molar-refractivity contribution < 1.29 is 50.0 Å². The van der Waals surface area contributed by atoms with E-state index in [1.165, 1.54) is 9.45 Å². The summed E-state index contributed by atoms with van der Waals surface area (Å²) in [5.74, 6) is 0. The third kappa shape index (κ3) is 3.11. The maximum Gasteiger partial charge on any atom is -1.00 e. The van der Waals surface area contributed by atoms with Crippen LogP contribution in [-0.4, -0.2) is 20.4 Å². The van der Waals surface area contributed by atoms with Gasteiger partial charge in [-0.2, -0.15) is 0 Å². The van der Waals surface area contributed by atoms with Gasteiger partial charge in [-0.15, -0.1) is 0 Å². The van der Waals surface area contributed by atoms with Crippen molar-refractivity contribution >= 4 is 8.07 Å². The second-order valence-electron chi connectivity index (χ2n) is 5.64. The Morgan fingerprint density at radius 2 is 1.90 bits per heavy atom. The molecule has 20 heavy (non-hydrogen) atoms. The van der Waals surface area contributed by atoms with Crippen molar-refractivity contribution in [3.05, 3.63) is 45.0 Å². The van der Waals surface area contributed by atoms with Gasteiger partial charge < -0.3 is 24.8 Å². The zero-order chi connectivity index (χ0) is 13.4. The molecule has 0 aromatic rings. The number of methoxy groups -OCH3 is 1. The molecule has 2 aliphatic rings. The first-order chi connectivity index (χ1) is 8.45. The zero-order valence-corrected chi connectivity index (χ0v) is 16.5. The molecule has 0 amide bonds. The van der Waals surface area contributed by atoms with Crippen LogP contribution >= 0.6 is 0 Å². The number of rotatable bonds is 3. The van der Waals surface area contributed by atoms with E-state index in [-0.39, 0.29) is 30.0 Å². The molecule has 0 bridgehead atoms. The Bertz CT molecular complexity index is 480. The van der Waals surface area contributed by atoms with Gasteiger partial charge in [-0.3, -0.25) is 0 Å². The molecular formula is C15H21Cl2OSiTi. The molecule has 2 rings (SSSR count). The van der Waals surface area contributed by atoms with Gasteiger partial charge in [0, 0.05) is 0 Å². The maximum absolute atomic E-state index is 6.09. The normalized spacial score (nSPS) is 25.2. The topological polar surface area (TPSA) is 9.23 Å². The van der Waals surface area contributed by atoms with Crippen LogP contribution in [0.5, 0.6) is 0 Å². The van der Waals surface area contributed by atoms with Gasteiger partial charge in [-0.05, 0) is 0 Å². The molecule has 0 heterocycles. The summed E-state index contributed by atoms with van der Waals surface area (Å²) in [7, 11) is 0.180. The molecule has 0 aromatic carbocycles. The third-order valence-corrected chi connectivity index (χ3v) is 10.3. The Morgan fingerprint density at radius 1 is 1.25 bits per heavy atom. The van der Waals surface area contributed by atoms with Gasteiger partial charge in [0.05, 0.1) is 0 Å². The van der Waals surface area contributed by atoms with Crippen LogP contribution in [0, 0.1) is 0 Å². The van der Waals surface area contributed by atoms with Crippen molar-refractivity contribution in [2.75, 3.05) is 7.11 Å². The van der Waals surface area contributed by atoms with Gasteiger partial charge >= 0.3 is 123 Å². The van der Waals surface area contributed by atoms with Gasteiger partial charge in [-0.1, -0.05) is 0 Å². The first-order valence-corrected chi connectivity index (χ1v) is 10.2. The molecule has 0 N–H and O–H groups in total. The Kier molecular flexibility index (Phi) is 7.78. The Labute approximate surface area is 147 Å². The molecule has 1 unspecified atom stereocenters. The van der Waals surface area contributed by atoms with Crippen LogP contribution in [0.15, 0.2) is 45.0 Å². The predicted molar refractivity (Wildman–Crippen MR) is 75.5 cm³/mol. The van der Waals surface area contributed by atoms with Gasteiger partial charge in [0.2, 0.25) is 0 Å². The first-order valence-electron chi connectivity index (χ1n) is 6.46. The van der Waals surface area contributed by atoms with Gasteiger partial charge in [-0.25, -0.2) is 0 Å². The molecule has 1 nitrogen and oxygen atoms in total. The molecule has 1 atom stereocenters. The summed E-state index contributed by atoms with van der Waals surface area (Å²) in [4.78, 5) is 0. The quantitative estimate of drug-likeness (QED) is 0.519. The van der Waals surface area contributed by atoms with Crippen LogP contribution in [0.4, 0.5) is 0 Å². The average Bonchev–Trinajstić information content (AvgIpc) is 2.76. The summed E-state index contributed by atoms with van der Waals surface area (Å²) in [5.41, 5.74) is 1.38. The van der Waals surface area contributed by atoms with Crippen LogP contribution in [-0.2, 0) is 25.2 Å². The Morgan fingerprint density at radius 3 is 2.35 bits per heavy atom. The minimum absolute atomic E-state index is 0. The van der Waals surface area contributed by atoms with E-state index in [1.807, 2.05) is 7.11 Å². The molecule has 0 saturated heterocycles. The summed E-state index contributed by atoms with van der Waals surface area (Å²) in [6, 6.07) is 0. The molecule has 0 saturated carbocycles. The maximum atomic E-state index is 6.09. The second-order valence-corrected chi connectivity index (χ2v) is 11.2. The van der Waals surface area contributed by atoms with E-state index in [4.69, 9.17) is 4.74 Å². The molecule has 0 fully saturated rings. The number of hydrogen-bond acceptors (Lipinski definition) is 1. The molecule has 109 valence electrons. The molecule has 0 spiro atoms. The average molecular weight is 364 g/mol. The van der Waals surface area contributed by atoms with E-state index in [1.54, 1.807) is 5.20 Å². The van der Waals surface area contributed by atoms with Crippen molar-refractivity contribution in [1.82, 2.24) is 0 Å². The minimum Gasteiger partial charge on any atom is -1.00 e. The van der Waals surface area contributed by atoms with E-state index >= 15 is 0 Å². The predicted octanol–water partition coefficient (Wildman–Crippen LogP) is -2.17. The molecule has 0 aromatic heterocycles. The van der Waals surface area contributed by atoms with Crippen LogP contribution in [0.3, 0.4) is 0 Å². The van der Waals surface area contributed by atoms with Gasteiger partial charge in [0.25, 0.3) is 0 Å². The van der Waals surface area contributed by atoms with Crippen molar-refractivity contribution in [2.45, 2.75) is 38.1 Å². The summed E-state index contributed by atoms with van der Waals surface area (Å²) < 4.78 is 7.62. The van der Waals surface area contributed by atoms with Crippen molar-refractivity contribution in [1.29, 1.82) is 0 Å². The minimum atomic E-state index is -1.69. The van der Waals surface area contributed by atoms with Crippen LogP contribution in [0.1, 0.15) is 19.8 Å². The smallest absolute Gasteiger partial charge is 1.00 e. The van der Waals surface area contributed by atoms with E-state index in [9.17, 15) is 0 Å². The Hall–Kier alpha value is 0.431. The van der Waals surface area contributed by atoms with Gasteiger partial charge in [0.1, 0.15) is 0 Å². The Balaban J connectivity index is 0.00000180. The van der Waals surface area contributed by atoms with Crippen molar-refractivity contribution in [3.63, 3.8) is 0 Å². The van der Waals surface area contributed by atoms with E-state index in [0.29, 0.717) is 0 Å². The first kappa shape index (κ1) is 20.4. The molecule has 5 heteroatoms. The molecule has 0 radical (unpaired) electrons. The number of halogens is 2. The fourth-order valence-electron chi connectivity index (χ4n) is 3.30. The zero-order valence-electron chi connectivity index (χ0n) is 12.5. The fourth-order valence-corrected chi connectivity index (χ4v) is 9.11. The van der Waals surface area contributed by atoms with E-state index < -0.39 is 8.07 Å². The molecule has 0 aliphatic heterocycles. The summed E-state index contributed by atoms with van der Waals surface area (Å²) >= 11 is 2.27. The summed E-state index contributed by atoms with van der Waals surface area (Å²) in [6.45, 7) is 7.11. The van der Waals surface area contributed by atoms with E-state index in [2.05, 4.69) is 70.8 Å². The standard InChI is InChI=1S/C15H21OSi.2ClH.Ti/c1-13-9-7-8-12-15(13,16-2)17(3,4)14-10-5-6-11-14;;;/h5,7-10H,6,12H2,1-4H3;2*1H;/q;;;+2/p-2. The summed E-state index contributed by atoms with van der Waals surface area (Å²) in [5, 5.41) is 1.50. The van der Waals surface area contributed by atoms with Crippen LogP contribution in [0.2, 0.25) is 13.1 Å². The SMILES string of the molecule is COC1([Si](C)(C)C2=[C]([Ti+2])CC=C2)CC=CC=C1C.[Cl-].[Cl-]. The van der Waals surface area contributed by atoms with Crippen LogP contribution < -0.4 is 24.8 Å². The van der Waals surface area contributed by atoms with Crippen molar-refractivity contribution in [2.24, 2.45) is 0 Å². The number of hydrogen-bond donors (Lipinski definition) is 0. The largest absolute Gasteiger partial charge is 1.00 e. The monoisotopic (exact) mass is 363 g/mol.